The zero-order valence-corrected chi connectivity index (χ0v) is 20.6. The molecule has 168 valence electrons. The molecule has 1 N–H and O–H groups in total. The fourth-order valence-corrected chi connectivity index (χ4v) is 3.82. The highest BCUT2D eigenvalue weighted by Crippen LogP contribution is 2.38. The van der Waals surface area contributed by atoms with Gasteiger partial charge in [-0.2, -0.15) is 0 Å². The molecule has 5 heteroatoms. The van der Waals surface area contributed by atoms with Gasteiger partial charge in [-0.05, 0) is 46.9 Å². The number of rotatable bonds is 9. The molecule has 1 amide bonds. The second kappa shape index (κ2) is 10.5. The third kappa shape index (κ3) is 7.79. The van der Waals surface area contributed by atoms with Crippen molar-refractivity contribution < 1.29 is 14.7 Å². The molecule has 0 spiro atoms. The monoisotopic (exact) mass is 435 g/mol. The van der Waals surface area contributed by atoms with E-state index in [1.807, 2.05) is 12.3 Å². The van der Waals surface area contributed by atoms with Crippen molar-refractivity contribution in [2.24, 2.45) is 11.3 Å². The van der Waals surface area contributed by atoms with Crippen LogP contribution in [0.4, 0.5) is 0 Å². The Hall–Kier alpha value is -1.81. The van der Waals surface area contributed by atoms with Crippen molar-refractivity contribution in [3.63, 3.8) is 0 Å². The molecule has 0 aliphatic rings. The summed E-state index contributed by atoms with van der Waals surface area (Å²) in [6, 6.07) is 6.26. The fraction of sp³-hybridized carbons (Fsp3) is 0.600. The van der Waals surface area contributed by atoms with E-state index in [1.165, 1.54) is 11.8 Å². The number of carbonyl (C=O) groups is 2. The van der Waals surface area contributed by atoms with Crippen LogP contribution in [0.2, 0.25) is 5.02 Å². The zero-order valence-electron chi connectivity index (χ0n) is 19.8. The number of carboxylic acid groups (broad SMARTS) is 1. The zero-order chi connectivity index (χ0) is 23.3. The second-order valence-electron chi connectivity index (χ2n) is 10.1. The summed E-state index contributed by atoms with van der Waals surface area (Å²) in [7, 11) is 0. The predicted octanol–water partition coefficient (Wildman–Crippen LogP) is 6.46. The van der Waals surface area contributed by atoms with Gasteiger partial charge in [-0.25, -0.2) is 0 Å². The molecule has 0 aromatic heterocycles. The van der Waals surface area contributed by atoms with E-state index in [-0.39, 0.29) is 35.6 Å². The van der Waals surface area contributed by atoms with Crippen molar-refractivity contribution in [3.05, 3.63) is 46.1 Å². The van der Waals surface area contributed by atoms with Crippen LogP contribution in [-0.4, -0.2) is 28.4 Å². The Morgan fingerprint density at radius 3 is 2.20 bits per heavy atom. The average Bonchev–Trinajstić information content (AvgIpc) is 2.58. The highest BCUT2D eigenvalue weighted by Gasteiger charge is 2.29. The molecular formula is C25H38ClNO3. The minimum Gasteiger partial charge on any atom is -0.481 e. The van der Waals surface area contributed by atoms with Crippen LogP contribution in [-0.2, 0) is 21.4 Å². The first kappa shape index (κ1) is 26.2. The third-order valence-electron chi connectivity index (χ3n) is 5.53. The molecule has 0 saturated carbocycles. The summed E-state index contributed by atoms with van der Waals surface area (Å²) in [5.41, 5.74) is 3.17. The molecular weight excluding hydrogens is 398 g/mol. The van der Waals surface area contributed by atoms with Crippen LogP contribution in [0.1, 0.15) is 79.4 Å². The van der Waals surface area contributed by atoms with Crippen molar-refractivity contribution in [3.8, 4) is 0 Å². The lowest BCUT2D eigenvalue weighted by Gasteiger charge is -2.34. The van der Waals surface area contributed by atoms with Crippen molar-refractivity contribution in [2.75, 3.05) is 6.54 Å². The molecule has 1 rings (SSSR count). The number of aliphatic carboxylic acids is 1. The van der Waals surface area contributed by atoms with Gasteiger partial charge in [-0.15, -0.1) is 0 Å². The summed E-state index contributed by atoms with van der Waals surface area (Å²) in [4.78, 5) is 24.6. The Bertz CT molecular complexity index is 788. The maximum absolute atomic E-state index is 12.1. The molecule has 30 heavy (non-hydrogen) atoms. The number of allylic oxidation sites excluding steroid dienone is 1. The number of carbonyl (C=O) groups excluding carboxylic acids is 1. The Morgan fingerprint density at radius 1 is 1.17 bits per heavy atom. The molecule has 1 aromatic carbocycles. The van der Waals surface area contributed by atoms with Gasteiger partial charge in [0.15, 0.2) is 0 Å². The number of aryl methyl sites for hydroxylation is 1. The second-order valence-corrected chi connectivity index (χ2v) is 10.5. The van der Waals surface area contributed by atoms with E-state index >= 15 is 0 Å². The summed E-state index contributed by atoms with van der Waals surface area (Å²) in [6.45, 7) is 16.7. The van der Waals surface area contributed by atoms with Crippen LogP contribution in [0.25, 0.3) is 0 Å². The van der Waals surface area contributed by atoms with Gasteiger partial charge in [0.2, 0.25) is 5.91 Å². The summed E-state index contributed by atoms with van der Waals surface area (Å²) >= 11 is 6.64. The van der Waals surface area contributed by atoms with Crippen molar-refractivity contribution in [1.29, 1.82) is 0 Å². The van der Waals surface area contributed by atoms with Gasteiger partial charge in [-0.1, -0.05) is 72.2 Å². The van der Waals surface area contributed by atoms with Gasteiger partial charge in [0.1, 0.15) is 0 Å². The molecule has 0 unspecified atom stereocenters. The number of nitrogens with zero attached hydrogens (tertiary/aromatic N) is 1. The van der Waals surface area contributed by atoms with Gasteiger partial charge in [0.05, 0.1) is 6.42 Å². The Kier molecular flexibility index (Phi) is 9.16. The fourth-order valence-electron chi connectivity index (χ4n) is 3.54. The lowest BCUT2D eigenvalue weighted by atomic mass is 9.73. The molecule has 0 radical (unpaired) electrons. The summed E-state index contributed by atoms with van der Waals surface area (Å²) in [6.07, 6.45) is 3.74. The predicted molar refractivity (Wildman–Crippen MR) is 125 cm³/mol. The first-order valence-corrected chi connectivity index (χ1v) is 11.0. The first-order valence-electron chi connectivity index (χ1n) is 10.6. The van der Waals surface area contributed by atoms with Gasteiger partial charge < -0.3 is 10.0 Å². The molecule has 0 aliphatic carbocycles. The molecule has 0 bridgehead atoms. The third-order valence-corrected chi connectivity index (χ3v) is 5.88. The van der Waals surface area contributed by atoms with E-state index in [4.69, 9.17) is 16.7 Å². The summed E-state index contributed by atoms with van der Waals surface area (Å²) in [5, 5.41) is 9.77. The standard InChI is InChI=1S/C25H38ClNO3/c1-17(2)21(16-27(18(3)28)14-12-23(29)30)25(7,8)20-10-9-19(22(26)15-20)11-13-24(4,5)6/h9-10,15-17H,11-14H2,1-8H3,(H,29,30)/b21-16-. The van der Waals surface area contributed by atoms with Crippen molar-refractivity contribution in [1.82, 2.24) is 4.90 Å². The molecule has 4 nitrogen and oxygen atoms in total. The largest absolute Gasteiger partial charge is 0.481 e. The minimum absolute atomic E-state index is 0.0871. The van der Waals surface area contributed by atoms with Gasteiger partial charge in [-0.3, -0.25) is 9.59 Å². The van der Waals surface area contributed by atoms with Crippen molar-refractivity contribution in [2.45, 2.75) is 80.1 Å². The van der Waals surface area contributed by atoms with E-state index in [0.717, 1.165) is 34.6 Å². The Labute approximate surface area is 187 Å². The molecule has 0 saturated heterocycles. The van der Waals surface area contributed by atoms with Gasteiger partial charge in [0, 0.05) is 30.1 Å². The van der Waals surface area contributed by atoms with E-state index in [0.29, 0.717) is 0 Å². The van der Waals surface area contributed by atoms with Crippen LogP contribution in [0.15, 0.2) is 30.0 Å². The highest BCUT2D eigenvalue weighted by molar-refractivity contribution is 6.31. The maximum Gasteiger partial charge on any atom is 0.305 e. The molecule has 1 aromatic rings. The number of amides is 1. The summed E-state index contributed by atoms with van der Waals surface area (Å²) < 4.78 is 0. The van der Waals surface area contributed by atoms with Gasteiger partial charge in [0.25, 0.3) is 0 Å². The van der Waals surface area contributed by atoms with E-state index < -0.39 is 5.97 Å². The SMILES string of the molecule is CC(=O)N(/C=C(/C(C)C)C(C)(C)c1ccc(CCC(C)(C)C)c(Cl)c1)CCC(=O)O. The smallest absolute Gasteiger partial charge is 0.305 e. The maximum atomic E-state index is 12.1. The highest BCUT2D eigenvalue weighted by atomic mass is 35.5. The number of hydrogen-bond donors (Lipinski definition) is 1. The van der Waals surface area contributed by atoms with Crippen LogP contribution in [0.3, 0.4) is 0 Å². The topological polar surface area (TPSA) is 57.6 Å². The lowest BCUT2D eigenvalue weighted by Crippen LogP contribution is -2.31. The quantitative estimate of drug-likeness (QED) is 0.484. The molecule has 0 atom stereocenters. The summed E-state index contributed by atoms with van der Waals surface area (Å²) in [5.74, 6) is -0.913. The molecule has 0 heterocycles. The van der Waals surface area contributed by atoms with Gasteiger partial charge >= 0.3 is 5.97 Å². The minimum atomic E-state index is -0.919. The molecule has 0 fully saturated rings. The normalized spacial score (nSPS) is 12.9. The number of hydrogen-bond acceptors (Lipinski definition) is 2. The average molecular weight is 436 g/mol. The van der Waals surface area contributed by atoms with Crippen LogP contribution in [0, 0.1) is 11.3 Å². The molecule has 0 aliphatic heterocycles. The van der Waals surface area contributed by atoms with Crippen LogP contribution < -0.4 is 0 Å². The van der Waals surface area contributed by atoms with E-state index in [1.54, 1.807) is 0 Å². The van der Waals surface area contributed by atoms with E-state index in [9.17, 15) is 9.59 Å². The van der Waals surface area contributed by atoms with Crippen LogP contribution >= 0.6 is 11.6 Å². The Morgan fingerprint density at radius 2 is 1.77 bits per heavy atom. The van der Waals surface area contributed by atoms with Crippen molar-refractivity contribution >= 4 is 23.5 Å². The number of halogens is 1. The number of carboxylic acids is 1. The Balaban J connectivity index is 3.27. The lowest BCUT2D eigenvalue weighted by molar-refractivity contribution is -0.137. The first-order chi connectivity index (χ1) is 13.6. The number of benzene rings is 1. The van der Waals surface area contributed by atoms with Crippen LogP contribution in [0.5, 0.6) is 0 Å². The van der Waals surface area contributed by atoms with E-state index in [2.05, 4.69) is 60.6 Å².